The summed E-state index contributed by atoms with van der Waals surface area (Å²) in [6.45, 7) is 2.14. The molecule has 0 radical (unpaired) electrons. The first-order valence-electron chi connectivity index (χ1n) is 6.43. The number of hydrogen-bond donors (Lipinski definition) is 2. The summed E-state index contributed by atoms with van der Waals surface area (Å²) >= 11 is 2.08. The van der Waals surface area contributed by atoms with Crippen LogP contribution in [0.25, 0.3) is 0 Å². The fourth-order valence-electron chi connectivity index (χ4n) is 2.47. The summed E-state index contributed by atoms with van der Waals surface area (Å²) in [6, 6.07) is 9.14. The summed E-state index contributed by atoms with van der Waals surface area (Å²) < 4.78 is 0. The van der Waals surface area contributed by atoms with Gasteiger partial charge >= 0.3 is 0 Å². The van der Waals surface area contributed by atoms with Crippen LogP contribution in [0.4, 0.5) is 0 Å². The van der Waals surface area contributed by atoms with Gasteiger partial charge in [0.15, 0.2) is 0 Å². The van der Waals surface area contributed by atoms with Crippen molar-refractivity contribution in [3.05, 3.63) is 35.4 Å². The Morgan fingerprint density at radius 2 is 2.35 bits per heavy atom. The third kappa shape index (κ3) is 3.73. The molecule has 2 atom stereocenters. The Morgan fingerprint density at radius 1 is 1.47 bits per heavy atom. The lowest BCUT2D eigenvalue weighted by Crippen LogP contribution is -2.45. The average Bonchev–Trinajstić information content (AvgIpc) is 2.37. The first-order chi connectivity index (χ1) is 8.29. The first-order valence-corrected chi connectivity index (χ1v) is 7.48. The Balaban J connectivity index is 1.98. The third-order valence-corrected chi connectivity index (χ3v) is 4.93. The minimum absolute atomic E-state index is 0.405. The van der Waals surface area contributed by atoms with Gasteiger partial charge in [-0.05, 0) is 37.5 Å². The largest absolute Gasteiger partial charge is 0.271 e. The molecule has 3 heteroatoms. The SMILES string of the molecule is Cc1cccc(CC(NN)C2CCCCS2)c1. The van der Waals surface area contributed by atoms with Gasteiger partial charge in [-0.2, -0.15) is 11.8 Å². The van der Waals surface area contributed by atoms with Crippen molar-refractivity contribution in [3.8, 4) is 0 Å². The molecule has 1 fully saturated rings. The van der Waals surface area contributed by atoms with E-state index in [2.05, 4.69) is 48.4 Å². The molecule has 1 aliphatic heterocycles. The molecule has 0 aromatic heterocycles. The van der Waals surface area contributed by atoms with E-state index >= 15 is 0 Å². The molecule has 1 heterocycles. The van der Waals surface area contributed by atoms with Gasteiger partial charge in [0.1, 0.15) is 0 Å². The maximum absolute atomic E-state index is 5.73. The van der Waals surface area contributed by atoms with E-state index in [1.807, 2.05) is 0 Å². The van der Waals surface area contributed by atoms with Crippen LogP contribution in [0.2, 0.25) is 0 Å². The number of aryl methyl sites for hydroxylation is 1. The van der Waals surface area contributed by atoms with E-state index in [-0.39, 0.29) is 0 Å². The topological polar surface area (TPSA) is 38.0 Å². The van der Waals surface area contributed by atoms with Crippen LogP contribution in [0, 0.1) is 6.92 Å². The van der Waals surface area contributed by atoms with Crippen LogP contribution in [0.5, 0.6) is 0 Å². The number of rotatable bonds is 4. The second kappa shape index (κ2) is 6.43. The fourth-order valence-corrected chi connectivity index (χ4v) is 3.89. The van der Waals surface area contributed by atoms with Crippen LogP contribution >= 0.6 is 11.8 Å². The van der Waals surface area contributed by atoms with Gasteiger partial charge in [-0.25, -0.2) is 0 Å². The van der Waals surface area contributed by atoms with Crippen molar-refractivity contribution < 1.29 is 0 Å². The summed E-state index contributed by atoms with van der Waals surface area (Å²) in [5.74, 6) is 7.01. The fraction of sp³-hybridized carbons (Fsp3) is 0.571. The zero-order valence-electron chi connectivity index (χ0n) is 10.5. The molecule has 2 rings (SSSR count). The number of thioether (sulfide) groups is 1. The quantitative estimate of drug-likeness (QED) is 0.637. The second-order valence-corrected chi connectivity index (χ2v) is 6.22. The Kier molecular flexibility index (Phi) is 4.89. The molecule has 2 unspecified atom stereocenters. The van der Waals surface area contributed by atoms with Gasteiger partial charge < -0.3 is 0 Å². The zero-order valence-corrected chi connectivity index (χ0v) is 11.3. The molecule has 94 valence electrons. The molecular formula is C14H22N2S. The van der Waals surface area contributed by atoms with E-state index in [0.717, 1.165) is 6.42 Å². The molecule has 0 aliphatic carbocycles. The lowest BCUT2D eigenvalue weighted by molar-refractivity contribution is 0.472. The highest BCUT2D eigenvalue weighted by Gasteiger charge is 2.23. The van der Waals surface area contributed by atoms with Gasteiger partial charge in [-0.1, -0.05) is 36.2 Å². The molecule has 1 saturated heterocycles. The molecule has 1 aromatic carbocycles. The molecule has 1 aromatic rings. The van der Waals surface area contributed by atoms with Crippen molar-refractivity contribution >= 4 is 11.8 Å². The number of hydrogen-bond acceptors (Lipinski definition) is 3. The standard InChI is InChI=1S/C14H22N2S/c1-11-5-4-6-12(9-11)10-13(16-15)14-7-2-3-8-17-14/h4-6,9,13-14,16H,2-3,7-8,10,15H2,1H3. The van der Waals surface area contributed by atoms with Crippen molar-refractivity contribution in [1.82, 2.24) is 5.43 Å². The summed E-state index contributed by atoms with van der Waals surface area (Å²) in [6.07, 6.45) is 5.05. The molecule has 0 saturated carbocycles. The maximum Gasteiger partial charge on any atom is 0.0369 e. The highest BCUT2D eigenvalue weighted by molar-refractivity contribution is 8.00. The Morgan fingerprint density at radius 3 is 3.00 bits per heavy atom. The number of nitrogens with two attached hydrogens (primary N) is 1. The summed E-state index contributed by atoms with van der Waals surface area (Å²) in [7, 11) is 0. The van der Waals surface area contributed by atoms with Crippen LogP contribution < -0.4 is 11.3 Å². The van der Waals surface area contributed by atoms with Crippen LogP contribution in [0.1, 0.15) is 30.4 Å². The monoisotopic (exact) mass is 250 g/mol. The Bertz CT molecular complexity index is 348. The summed E-state index contributed by atoms with van der Waals surface area (Å²) in [5.41, 5.74) is 5.74. The Labute approximate surface area is 108 Å². The van der Waals surface area contributed by atoms with Crippen molar-refractivity contribution in [3.63, 3.8) is 0 Å². The summed E-state index contributed by atoms with van der Waals surface area (Å²) in [4.78, 5) is 0. The molecular weight excluding hydrogens is 228 g/mol. The van der Waals surface area contributed by atoms with Crippen LogP contribution in [-0.2, 0) is 6.42 Å². The highest BCUT2D eigenvalue weighted by Crippen LogP contribution is 2.28. The molecule has 0 amide bonds. The van der Waals surface area contributed by atoms with E-state index in [0.29, 0.717) is 11.3 Å². The second-order valence-electron chi connectivity index (χ2n) is 4.87. The van der Waals surface area contributed by atoms with Gasteiger partial charge in [0.25, 0.3) is 0 Å². The first kappa shape index (κ1) is 12.9. The highest BCUT2D eigenvalue weighted by atomic mass is 32.2. The lowest BCUT2D eigenvalue weighted by Gasteiger charge is -2.29. The van der Waals surface area contributed by atoms with Crippen LogP contribution in [0.3, 0.4) is 0 Å². The van der Waals surface area contributed by atoms with Crippen molar-refractivity contribution in [2.24, 2.45) is 5.84 Å². The number of benzene rings is 1. The van der Waals surface area contributed by atoms with Crippen molar-refractivity contribution in [2.75, 3.05) is 5.75 Å². The molecule has 1 aliphatic rings. The van der Waals surface area contributed by atoms with Crippen molar-refractivity contribution in [1.29, 1.82) is 0 Å². The lowest BCUT2D eigenvalue weighted by atomic mass is 9.99. The minimum Gasteiger partial charge on any atom is -0.271 e. The average molecular weight is 250 g/mol. The van der Waals surface area contributed by atoms with Gasteiger partial charge in [-0.15, -0.1) is 0 Å². The van der Waals surface area contributed by atoms with E-state index in [1.165, 1.54) is 36.1 Å². The van der Waals surface area contributed by atoms with E-state index in [1.54, 1.807) is 0 Å². The summed E-state index contributed by atoms with van der Waals surface area (Å²) in [5, 5.41) is 0.675. The predicted molar refractivity (Wildman–Crippen MR) is 76.1 cm³/mol. The van der Waals surface area contributed by atoms with E-state index < -0.39 is 0 Å². The number of nitrogens with one attached hydrogen (secondary N) is 1. The molecule has 2 nitrogen and oxygen atoms in total. The van der Waals surface area contributed by atoms with Crippen molar-refractivity contribution in [2.45, 2.75) is 43.9 Å². The third-order valence-electron chi connectivity index (χ3n) is 3.42. The van der Waals surface area contributed by atoms with Gasteiger partial charge in [0.05, 0.1) is 0 Å². The Hall–Kier alpha value is -0.510. The minimum atomic E-state index is 0.405. The number of hydrazine groups is 1. The predicted octanol–water partition coefficient (Wildman–Crippen LogP) is 2.66. The van der Waals surface area contributed by atoms with E-state index in [4.69, 9.17) is 5.84 Å². The smallest absolute Gasteiger partial charge is 0.0369 e. The molecule has 0 bridgehead atoms. The van der Waals surface area contributed by atoms with Gasteiger partial charge in [0.2, 0.25) is 0 Å². The molecule has 17 heavy (non-hydrogen) atoms. The molecule has 3 N–H and O–H groups in total. The zero-order chi connectivity index (χ0) is 12.1. The van der Waals surface area contributed by atoms with Gasteiger partial charge in [0, 0.05) is 11.3 Å². The maximum atomic E-state index is 5.73. The van der Waals surface area contributed by atoms with Crippen LogP contribution in [0.15, 0.2) is 24.3 Å². The van der Waals surface area contributed by atoms with Crippen LogP contribution in [-0.4, -0.2) is 17.0 Å². The van der Waals surface area contributed by atoms with E-state index in [9.17, 15) is 0 Å². The normalized spacial score (nSPS) is 22.4. The van der Waals surface area contributed by atoms with Gasteiger partial charge in [-0.3, -0.25) is 11.3 Å². The molecule has 0 spiro atoms.